The SMILES string of the molecule is Oc1ccc2ccccc2c1C1=NCCS1. The largest absolute Gasteiger partial charge is 0.507 e. The quantitative estimate of drug-likeness (QED) is 0.815. The third-order valence-corrected chi connectivity index (χ3v) is 3.70. The zero-order valence-electron chi connectivity index (χ0n) is 8.68. The Hall–Kier alpha value is -1.48. The molecular formula is C13H11NOS. The Morgan fingerprint density at radius 1 is 1.12 bits per heavy atom. The van der Waals surface area contributed by atoms with Crippen molar-refractivity contribution in [3.8, 4) is 5.75 Å². The Bertz CT molecular complexity index is 577. The van der Waals surface area contributed by atoms with Crippen LogP contribution in [0.1, 0.15) is 5.56 Å². The molecule has 2 aromatic carbocycles. The average molecular weight is 229 g/mol. The molecule has 16 heavy (non-hydrogen) atoms. The first-order chi connectivity index (χ1) is 7.86. The zero-order chi connectivity index (χ0) is 11.0. The molecule has 0 aliphatic carbocycles. The fourth-order valence-electron chi connectivity index (χ4n) is 1.97. The molecule has 0 aromatic heterocycles. The van der Waals surface area contributed by atoms with E-state index in [1.807, 2.05) is 24.3 Å². The Labute approximate surface area is 98.0 Å². The van der Waals surface area contributed by atoms with Gasteiger partial charge in [0.1, 0.15) is 10.8 Å². The standard InChI is InChI=1S/C13H11NOS/c15-11-6-5-9-3-1-2-4-10(9)12(11)13-14-7-8-16-13/h1-6,15H,7-8H2. The van der Waals surface area contributed by atoms with Crippen LogP contribution in [-0.4, -0.2) is 22.4 Å². The minimum atomic E-state index is 0.326. The third-order valence-electron chi connectivity index (χ3n) is 2.71. The summed E-state index contributed by atoms with van der Waals surface area (Å²) in [7, 11) is 0. The Morgan fingerprint density at radius 2 is 2.00 bits per heavy atom. The molecule has 0 saturated carbocycles. The van der Waals surface area contributed by atoms with E-state index < -0.39 is 0 Å². The first-order valence-corrected chi connectivity index (χ1v) is 6.23. The van der Waals surface area contributed by atoms with E-state index in [1.165, 1.54) is 0 Å². The fourth-order valence-corrected chi connectivity index (χ4v) is 2.89. The monoisotopic (exact) mass is 229 g/mol. The molecule has 1 N–H and O–H groups in total. The average Bonchev–Trinajstić information content (AvgIpc) is 2.82. The van der Waals surface area contributed by atoms with Crippen LogP contribution in [0, 0.1) is 0 Å². The maximum atomic E-state index is 9.97. The lowest BCUT2D eigenvalue weighted by atomic mass is 10.0. The Kier molecular flexibility index (Phi) is 2.33. The van der Waals surface area contributed by atoms with E-state index in [0.29, 0.717) is 5.75 Å². The predicted octanol–water partition coefficient (Wildman–Crippen LogP) is 3.04. The molecule has 3 heteroatoms. The highest BCUT2D eigenvalue weighted by Gasteiger charge is 2.16. The minimum absolute atomic E-state index is 0.326. The molecule has 1 aliphatic rings. The van der Waals surface area contributed by atoms with Gasteiger partial charge in [0.2, 0.25) is 0 Å². The normalized spacial score (nSPS) is 15.4. The highest BCUT2D eigenvalue weighted by molar-refractivity contribution is 8.14. The van der Waals surface area contributed by atoms with Crippen LogP contribution >= 0.6 is 11.8 Å². The summed E-state index contributed by atoms with van der Waals surface area (Å²) < 4.78 is 0. The van der Waals surface area contributed by atoms with E-state index in [-0.39, 0.29) is 0 Å². The number of phenols is 1. The molecule has 80 valence electrons. The van der Waals surface area contributed by atoms with Gasteiger partial charge in [-0.2, -0.15) is 0 Å². The number of aromatic hydroxyl groups is 1. The molecule has 2 aromatic rings. The summed E-state index contributed by atoms with van der Waals surface area (Å²) in [6.45, 7) is 0.850. The highest BCUT2D eigenvalue weighted by atomic mass is 32.2. The van der Waals surface area contributed by atoms with Crippen molar-refractivity contribution >= 4 is 27.6 Å². The van der Waals surface area contributed by atoms with Gasteiger partial charge in [0.15, 0.2) is 0 Å². The first kappa shape index (κ1) is 9.73. The molecule has 2 nitrogen and oxygen atoms in total. The summed E-state index contributed by atoms with van der Waals surface area (Å²) in [4.78, 5) is 4.44. The summed E-state index contributed by atoms with van der Waals surface area (Å²) in [5.74, 6) is 1.34. The number of nitrogens with zero attached hydrogens (tertiary/aromatic N) is 1. The van der Waals surface area contributed by atoms with Gasteiger partial charge < -0.3 is 5.11 Å². The smallest absolute Gasteiger partial charge is 0.126 e. The summed E-state index contributed by atoms with van der Waals surface area (Å²) >= 11 is 1.71. The van der Waals surface area contributed by atoms with Crippen LogP contribution < -0.4 is 0 Å². The zero-order valence-corrected chi connectivity index (χ0v) is 9.50. The van der Waals surface area contributed by atoms with Crippen LogP contribution in [0.4, 0.5) is 0 Å². The number of fused-ring (bicyclic) bond motifs is 1. The molecule has 0 radical (unpaired) electrons. The predicted molar refractivity (Wildman–Crippen MR) is 69.5 cm³/mol. The topological polar surface area (TPSA) is 32.6 Å². The number of thioether (sulfide) groups is 1. The van der Waals surface area contributed by atoms with Crippen LogP contribution in [0.2, 0.25) is 0 Å². The second kappa shape index (κ2) is 3.83. The van der Waals surface area contributed by atoms with Crippen molar-refractivity contribution in [1.82, 2.24) is 0 Å². The lowest BCUT2D eigenvalue weighted by molar-refractivity contribution is 0.475. The lowest BCUT2D eigenvalue weighted by Crippen LogP contribution is -1.94. The maximum Gasteiger partial charge on any atom is 0.126 e. The van der Waals surface area contributed by atoms with E-state index in [0.717, 1.165) is 33.7 Å². The molecule has 3 rings (SSSR count). The lowest BCUT2D eigenvalue weighted by Gasteiger charge is -2.08. The molecule has 1 aliphatic heterocycles. The molecule has 0 fully saturated rings. The van der Waals surface area contributed by atoms with Gasteiger partial charge in [-0.25, -0.2) is 0 Å². The van der Waals surface area contributed by atoms with Crippen molar-refractivity contribution in [2.45, 2.75) is 0 Å². The summed E-state index contributed by atoms with van der Waals surface area (Å²) in [6, 6.07) is 11.8. The summed E-state index contributed by atoms with van der Waals surface area (Å²) in [6.07, 6.45) is 0. The van der Waals surface area contributed by atoms with Gasteiger partial charge in [-0.05, 0) is 16.8 Å². The van der Waals surface area contributed by atoms with Crippen molar-refractivity contribution in [2.24, 2.45) is 4.99 Å². The van der Waals surface area contributed by atoms with Crippen LogP contribution in [0.15, 0.2) is 41.4 Å². The highest BCUT2D eigenvalue weighted by Crippen LogP contribution is 2.32. The molecule has 0 spiro atoms. The van der Waals surface area contributed by atoms with Crippen molar-refractivity contribution in [3.63, 3.8) is 0 Å². The van der Waals surface area contributed by atoms with E-state index in [9.17, 15) is 5.11 Å². The fraction of sp³-hybridized carbons (Fsp3) is 0.154. The van der Waals surface area contributed by atoms with Gasteiger partial charge in [-0.1, -0.05) is 30.3 Å². The maximum absolute atomic E-state index is 9.97. The Balaban J connectivity index is 2.32. The van der Waals surface area contributed by atoms with Crippen LogP contribution in [0.3, 0.4) is 0 Å². The molecule has 0 amide bonds. The Morgan fingerprint density at radius 3 is 2.81 bits per heavy atom. The molecule has 0 unspecified atom stereocenters. The number of phenolic OH excluding ortho intramolecular Hbond substituents is 1. The van der Waals surface area contributed by atoms with Gasteiger partial charge in [0, 0.05) is 12.3 Å². The van der Waals surface area contributed by atoms with Crippen molar-refractivity contribution in [3.05, 3.63) is 42.0 Å². The molecule has 1 heterocycles. The number of hydrogen-bond acceptors (Lipinski definition) is 3. The minimum Gasteiger partial charge on any atom is -0.507 e. The number of benzene rings is 2. The third kappa shape index (κ3) is 1.48. The second-order valence-corrected chi connectivity index (χ2v) is 4.80. The van der Waals surface area contributed by atoms with Gasteiger partial charge in [0.05, 0.1) is 5.56 Å². The molecule has 0 atom stereocenters. The molecule has 0 saturated heterocycles. The van der Waals surface area contributed by atoms with E-state index in [1.54, 1.807) is 17.8 Å². The molecular weight excluding hydrogens is 218 g/mol. The van der Waals surface area contributed by atoms with E-state index in [4.69, 9.17) is 0 Å². The van der Waals surface area contributed by atoms with Crippen molar-refractivity contribution in [1.29, 1.82) is 0 Å². The summed E-state index contributed by atoms with van der Waals surface area (Å²) in [5, 5.41) is 13.2. The summed E-state index contributed by atoms with van der Waals surface area (Å²) in [5.41, 5.74) is 0.889. The van der Waals surface area contributed by atoms with E-state index >= 15 is 0 Å². The number of hydrogen-bond donors (Lipinski definition) is 1. The van der Waals surface area contributed by atoms with Crippen LogP contribution in [0.25, 0.3) is 10.8 Å². The van der Waals surface area contributed by atoms with Crippen LogP contribution in [-0.2, 0) is 0 Å². The first-order valence-electron chi connectivity index (χ1n) is 5.24. The van der Waals surface area contributed by atoms with Gasteiger partial charge in [-0.15, -0.1) is 11.8 Å². The second-order valence-electron chi connectivity index (χ2n) is 3.72. The van der Waals surface area contributed by atoms with Gasteiger partial charge in [-0.3, -0.25) is 4.99 Å². The van der Waals surface area contributed by atoms with Crippen LogP contribution in [0.5, 0.6) is 5.75 Å². The number of aliphatic imine (C=N–C) groups is 1. The molecule has 0 bridgehead atoms. The van der Waals surface area contributed by atoms with Crippen molar-refractivity contribution in [2.75, 3.05) is 12.3 Å². The van der Waals surface area contributed by atoms with Gasteiger partial charge in [0.25, 0.3) is 0 Å². The van der Waals surface area contributed by atoms with Crippen molar-refractivity contribution < 1.29 is 5.11 Å². The van der Waals surface area contributed by atoms with E-state index in [2.05, 4.69) is 11.1 Å². The number of rotatable bonds is 1. The van der Waals surface area contributed by atoms with Gasteiger partial charge >= 0.3 is 0 Å².